The summed E-state index contributed by atoms with van der Waals surface area (Å²) in [6, 6.07) is 9.19. The van der Waals surface area contributed by atoms with Crippen LogP contribution < -0.4 is 15.0 Å². The second-order valence-corrected chi connectivity index (χ2v) is 8.84. The minimum absolute atomic E-state index is 0.0615. The van der Waals surface area contributed by atoms with E-state index in [4.69, 9.17) is 4.74 Å². The van der Waals surface area contributed by atoms with Crippen molar-refractivity contribution in [2.24, 2.45) is 0 Å². The number of methoxy groups -OCH3 is 1. The van der Waals surface area contributed by atoms with Crippen LogP contribution in [0.4, 0.5) is 14.9 Å². The number of likely N-dealkylation sites (N-methyl/N-ethyl adjacent to an activating group) is 1. The molecule has 1 fully saturated rings. The Morgan fingerprint density at radius 3 is 2.48 bits per heavy atom. The Labute approximate surface area is 193 Å². The van der Waals surface area contributed by atoms with Crippen LogP contribution in [0.5, 0.6) is 5.75 Å². The average molecular weight is 450 g/mol. The molecule has 3 amide bonds. The zero-order valence-electron chi connectivity index (χ0n) is 19.5. The van der Waals surface area contributed by atoms with Gasteiger partial charge in [-0.15, -0.1) is 0 Å². The molecule has 7 heteroatoms. The molecule has 4 rings (SSSR count). The van der Waals surface area contributed by atoms with Crippen molar-refractivity contribution in [2.45, 2.75) is 39.8 Å². The van der Waals surface area contributed by atoms with Crippen molar-refractivity contribution in [3.63, 3.8) is 0 Å². The Morgan fingerprint density at radius 1 is 1.15 bits per heavy atom. The molecular formula is C26H28FN3O3. The zero-order chi connectivity index (χ0) is 23.9. The highest BCUT2D eigenvalue weighted by atomic mass is 19.1. The third kappa shape index (κ3) is 4.11. The number of nitrogens with one attached hydrogen (secondary N) is 1. The number of anilines is 1. The van der Waals surface area contributed by atoms with Gasteiger partial charge in [0, 0.05) is 29.4 Å². The fourth-order valence-electron chi connectivity index (χ4n) is 4.63. The highest BCUT2D eigenvalue weighted by Crippen LogP contribution is 2.42. The van der Waals surface area contributed by atoms with E-state index in [0.717, 1.165) is 28.3 Å². The molecule has 0 saturated carbocycles. The van der Waals surface area contributed by atoms with E-state index in [1.54, 1.807) is 25.3 Å². The highest BCUT2D eigenvalue weighted by molar-refractivity contribution is 6.14. The number of nitrogens with zero attached hydrogens (tertiary/aromatic N) is 2. The van der Waals surface area contributed by atoms with Gasteiger partial charge in [0.25, 0.3) is 5.91 Å². The number of allylic oxidation sites excluding steroid dienone is 1. The molecule has 0 spiro atoms. The molecule has 33 heavy (non-hydrogen) atoms. The molecule has 0 unspecified atom stereocenters. The Balaban J connectivity index is 1.69. The number of carbonyl (C=O) groups excluding carboxylic acids is 2. The summed E-state index contributed by atoms with van der Waals surface area (Å²) in [5.74, 6) is -0.192. The number of rotatable bonds is 5. The molecule has 0 aliphatic carbocycles. The molecule has 0 atom stereocenters. The van der Waals surface area contributed by atoms with Crippen LogP contribution in [0.1, 0.15) is 44.4 Å². The van der Waals surface area contributed by atoms with Crippen molar-refractivity contribution in [3.8, 4) is 5.75 Å². The summed E-state index contributed by atoms with van der Waals surface area (Å²) < 4.78 is 18.8. The first-order valence-electron chi connectivity index (χ1n) is 10.9. The third-order valence-electron chi connectivity index (χ3n) is 6.16. The van der Waals surface area contributed by atoms with E-state index < -0.39 is 11.9 Å². The first-order valence-corrected chi connectivity index (χ1v) is 10.9. The van der Waals surface area contributed by atoms with Crippen molar-refractivity contribution in [1.29, 1.82) is 0 Å². The second-order valence-electron chi connectivity index (χ2n) is 8.84. The molecule has 6 nitrogen and oxygen atoms in total. The first kappa shape index (κ1) is 22.6. The molecule has 2 aromatic rings. The predicted molar refractivity (Wildman–Crippen MR) is 127 cm³/mol. The zero-order valence-corrected chi connectivity index (χ0v) is 19.5. The number of halogens is 1. The molecule has 1 N–H and O–H groups in total. The number of amides is 3. The van der Waals surface area contributed by atoms with Crippen LogP contribution in [0.25, 0.3) is 11.6 Å². The molecule has 2 aliphatic rings. The summed E-state index contributed by atoms with van der Waals surface area (Å²) in [5.41, 5.74) is 4.67. The fraction of sp³-hybridized carbons (Fsp3) is 0.308. The van der Waals surface area contributed by atoms with Gasteiger partial charge < -0.3 is 15.0 Å². The van der Waals surface area contributed by atoms with E-state index in [2.05, 4.69) is 44.0 Å². The molecule has 2 heterocycles. The molecule has 0 radical (unpaired) electrons. The molecule has 0 aromatic heterocycles. The summed E-state index contributed by atoms with van der Waals surface area (Å²) in [4.78, 5) is 28.9. The number of imide groups is 1. The van der Waals surface area contributed by atoms with Gasteiger partial charge in [0.15, 0.2) is 0 Å². The minimum Gasteiger partial charge on any atom is -0.496 e. The molecular weight excluding hydrogens is 421 g/mol. The maximum atomic E-state index is 13.2. The largest absolute Gasteiger partial charge is 0.496 e. The maximum absolute atomic E-state index is 13.2. The van der Waals surface area contributed by atoms with Crippen molar-refractivity contribution in [3.05, 3.63) is 70.7 Å². The van der Waals surface area contributed by atoms with E-state index in [-0.39, 0.29) is 23.6 Å². The van der Waals surface area contributed by atoms with Gasteiger partial charge in [-0.05, 0) is 63.1 Å². The summed E-state index contributed by atoms with van der Waals surface area (Å²) >= 11 is 0. The van der Waals surface area contributed by atoms with Crippen molar-refractivity contribution >= 4 is 29.3 Å². The summed E-state index contributed by atoms with van der Waals surface area (Å²) in [5, 5.41) is 2.65. The van der Waals surface area contributed by atoms with Crippen LogP contribution in [0.2, 0.25) is 0 Å². The van der Waals surface area contributed by atoms with Crippen LogP contribution in [0.15, 0.2) is 48.2 Å². The number of urea groups is 1. The Kier molecular flexibility index (Phi) is 5.74. The highest BCUT2D eigenvalue weighted by Gasteiger charge is 2.35. The minimum atomic E-state index is -0.512. The fourth-order valence-corrected chi connectivity index (χ4v) is 4.63. The van der Waals surface area contributed by atoms with E-state index in [0.29, 0.717) is 16.9 Å². The number of hydrogen-bond donors (Lipinski definition) is 1. The van der Waals surface area contributed by atoms with Crippen LogP contribution in [0, 0.1) is 5.82 Å². The summed E-state index contributed by atoms with van der Waals surface area (Å²) in [6.07, 6.45) is 3.88. The lowest BCUT2D eigenvalue weighted by Gasteiger charge is -2.43. The van der Waals surface area contributed by atoms with Crippen LogP contribution >= 0.6 is 0 Å². The van der Waals surface area contributed by atoms with E-state index in [1.807, 2.05) is 12.1 Å². The van der Waals surface area contributed by atoms with Crippen LogP contribution in [-0.4, -0.2) is 36.0 Å². The lowest BCUT2D eigenvalue weighted by molar-refractivity contribution is -0.123. The van der Waals surface area contributed by atoms with Gasteiger partial charge in [-0.2, -0.15) is 0 Å². The number of fused-ring (bicyclic) bond motifs is 1. The van der Waals surface area contributed by atoms with Crippen LogP contribution in [-0.2, 0) is 11.3 Å². The molecule has 1 saturated heterocycles. The van der Waals surface area contributed by atoms with Gasteiger partial charge >= 0.3 is 6.03 Å². The number of carbonyl (C=O) groups is 2. The van der Waals surface area contributed by atoms with Crippen molar-refractivity contribution < 1.29 is 18.7 Å². The number of hydrogen-bond acceptors (Lipinski definition) is 4. The van der Waals surface area contributed by atoms with E-state index >= 15 is 0 Å². The molecule has 0 bridgehead atoms. The van der Waals surface area contributed by atoms with Gasteiger partial charge in [-0.1, -0.05) is 18.2 Å². The predicted octanol–water partition coefficient (Wildman–Crippen LogP) is 4.95. The topological polar surface area (TPSA) is 61.9 Å². The maximum Gasteiger partial charge on any atom is 0.329 e. The molecule has 172 valence electrons. The lowest BCUT2D eigenvalue weighted by Crippen LogP contribution is -2.44. The third-order valence-corrected chi connectivity index (χ3v) is 6.16. The monoisotopic (exact) mass is 449 g/mol. The quantitative estimate of drug-likeness (QED) is 0.518. The van der Waals surface area contributed by atoms with Gasteiger partial charge in [0.05, 0.1) is 19.2 Å². The molecule has 2 aliphatic heterocycles. The Hall–Kier alpha value is -3.61. The second kappa shape index (κ2) is 8.39. The summed E-state index contributed by atoms with van der Waals surface area (Å²) in [6.45, 7) is 9.43. The Morgan fingerprint density at radius 2 is 1.85 bits per heavy atom. The SMILES string of the molecule is CCN1c2cc(OC)c(/C=C3/NC(=O)N(Cc4ccc(F)cc4)C3=O)cc2C(C)=CC1(C)C. The summed E-state index contributed by atoms with van der Waals surface area (Å²) in [7, 11) is 1.59. The lowest BCUT2D eigenvalue weighted by atomic mass is 9.87. The van der Waals surface area contributed by atoms with Crippen LogP contribution in [0.3, 0.4) is 0 Å². The average Bonchev–Trinajstić information content (AvgIpc) is 3.02. The smallest absolute Gasteiger partial charge is 0.329 e. The van der Waals surface area contributed by atoms with Gasteiger partial charge in [-0.3, -0.25) is 9.69 Å². The first-order chi connectivity index (χ1) is 15.6. The Bertz CT molecular complexity index is 1180. The number of ether oxygens (including phenoxy) is 1. The molecule has 2 aromatic carbocycles. The standard InChI is InChI=1S/C26H28FN3O3/c1-6-30-22-13-23(33-5)18(11-20(22)16(2)14-26(30,3)4)12-21-24(31)29(25(32)28-21)15-17-7-9-19(27)10-8-17/h7-14H,6,15H2,1-5H3,(H,28,32)/b21-12+. The van der Waals surface area contributed by atoms with E-state index in [1.165, 1.54) is 12.1 Å². The number of benzene rings is 2. The normalized spacial score (nSPS) is 18.4. The van der Waals surface area contributed by atoms with Gasteiger partial charge in [0.2, 0.25) is 0 Å². The van der Waals surface area contributed by atoms with Gasteiger partial charge in [-0.25, -0.2) is 9.18 Å². The van der Waals surface area contributed by atoms with Crippen molar-refractivity contribution in [1.82, 2.24) is 10.2 Å². The van der Waals surface area contributed by atoms with Crippen molar-refractivity contribution in [2.75, 3.05) is 18.6 Å². The van der Waals surface area contributed by atoms with E-state index in [9.17, 15) is 14.0 Å². The van der Waals surface area contributed by atoms with Gasteiger partial charge in [0.1, 0.15) is 17.3 Å².